The number of hydrogen-bond donors (Lipinski definition) is 1. The van der Waals surface area contributed by atoms with Crippen molar-refractivity contribution in [2.45, 2.75) is 19.8 Å². The first-order chi connectivity index (χ1) is 7.85. The maximum atomic E-state index is 5.54. The lowest BCUT2D eigenvalue weighted by Gasteiger charge is -1.92. The zero-order valence-corrected chi connectivity index (χ0v) is 10.0. The molecule has 6 nitrogen and oxygen atoms in total. The van der Waals surface area contributed by atoms with Crippen molar-refractivity contribution < 1.29 is 4.42 Å². The summed E-state index contributed by atoms with van der Waals surface area (Å²) in [5.41, 5.74) is 0.911. The maximum Gasteiger partial charge on any atom is 0.261 e. The molecule has 0 aliphatic heterocycles. The lowest BCUT2D eigenvalue weighted by molar-refractivity contribution is 0.500. The van der Waals surface area contributed by atoms with Crippen LogP contribution in [-0.4, -0.2) is 33.4 Å². The van der Waals surface area contributed by atoms with Gasteiger partial charge in [0.1, 0.15) is 4.88 Å². The van der Waals surface area contributed by atoms with Crippen LogP contribution in [0.5, 0.6) is 0 Å². The fourth-order valence-electron chi connectivity index (χ4n) is 1.28. The minimum absolute atomic E-state index is 0.526. The molecule has 2 heterocycles. The summed E-state index contributed by atoms with van der Waals surface area (Å²) in [5.74, 6) is 1.16. The summed E-state index contributed by atoms with van der Waals surface area (Å²) in [6, 6.07) is 0. The Morgan fingerprint density at radius 1 is 1.31 bits per heavy atom. The van der Waals surface area contributed by atoms with Crippen LogP contribution in [0.2, 0.25) is 0 Å². The quantitative estimate of drug-likeness (QED) is 0.835. The van der Waals surface area contributed by atoms with E-state index in [1.54, 1.807) is 0 Å². The second-order valence-corrected chi connectivity index (χ2v) is 4.01. The molecule has 7 heteroatoms. The van der Waals surface area contributed by atoms with Crippen LogP contribution in [0.1, 0.15) is 18.5 Å². The highest BCUT2D eigenvalue weighted by Gasteiger charge is 2.15. The van der Waals surface area contributed by atoms with E-state index >= 15 is 0 Å². The van der Waals surface area contributed by atoms with E-state index in [1.807, 2.05) is 14.0 Å². The Morgan fingerprint density at radius 2 is 2.19 bits per heavy atom. The maximum absolute atomic E-state index is 5.54. The van der Waals surface area contributed by atoms with Gasteiger partial charge in [-0.25, -0.2) is 0 Å². The standard InChI is InChI=1S/C9H13N5OS/c1-3-6-8(16-14-11-6)9-13-12-7(15-9)4-5-10-2/h10H,3-5H2,1-2H3. The van der Waals surface area contributed by atoms with Gasteiger partial charge in [-0.15, -0.1) is 15.3 Å². The van der Waals surface area contributed by atoms with Crippen LogP contribution in [0.3, 0.4) is 0 Å². The second kappa shape index (κ2) is 5.13. The average molecular weight is 239 g/mol. The molecule has 0 radical (unpaired) electrons. The van der Waals surface area contributed by atoms with Crippen LogP contribution >= 0.6 is 11.5 Å². The van der Waals surface area contributed by atoms with Crippen molar-refractivity contribution in [2.75, 3.05) is 13.6 Å². The van der Waals surface area contributed by atoms with Gasteiger partial charge in [0.25, 0.3) is 5.89 Å². The molecule has 2 aromatic heterocycles. The van der Waals surface area contributed by atoms with Gasteiger partial charge in [0.2, 0.25) is 5.89 Å². The Kier molecular flexibility index (Phi) is 3.58. The minimum Gasteiger partial charge on any atom is -0.420 e. The van der Waals surface area contributed by atoms with Gasteiger partial charge in [-0.3, -0.25) is 0 Å². The summed E-state index contributed by atoms with van der Waals surface area (Å²) in [7, 11) is 1.89. The predicted molar refractivity (Wildman–Crippen MR) is 60.2 cm³/mol. The van der Waals surface area contributed by atoms with Crippen LogP contribution < -0.4 is 5.32 Å². The molecule has 0 amide bonds. The molecular formula is C9H13N5OS. The molecule has 86 valence electrons. The van der Waals surface area contributed by atoms with E-state index in [0.717, 1.165) is 30.0 Å². The number of nitrogens with zero attached hydrogens (tertiary/aromatic N) is 4. The Hall–Kier alpha value is -1.34. The van der Waals surface area contributed by atoms with Crippen molar-refractivity contribution in [3.05, 3.63) is 11.6 Å². The monoisotopic (exact) mass is 239 g/mol. The molecule has 2 rings (SSSR count). The van der Waals surface area contributed by atoms with Gasteiger partial charge >= 0.3 is 0 Å². The van der Waals surface area contributed by atoms with E-state index in [1.165, 1.54) is 11.5 Å². The molecule has 0 bridgehead atoms. The third-order valence-electron chi connectivity index (χ3n) is 2.14. The largest absolute Gasteiger partial charge is 0.420 e. The van der Waals surface area contributed by atoms with Crippen molar-refractivity contribution in [3.63, 3.8) is 0 Å². The van der Waals surface area contributed by atoms with Crippen molar-refractivity contribution in [1.29, 1.82) is 0 Å². The molecule has 1 N–H and O–H groups in total. The van der Waals surface area contributed by atoms with Crippen LogP contribution in [0, 0.1) is 0 Å². The summed E-state index contributed by atoms with van der Waals surface area (Å²) < 4.78 is 9.43. The van der Waals surface area contributed by atoms with Crippen molar-refractivity contribution in [1.82, 2.24) is 25.1 Å². The number of aromatic nitrogens is 4. The van der Waals surface area contributed by atoms with Crippen LogP contribution in [-0.2, 0) is 12.8 Å². The van der Waals surface area contributed by atoms with Crippen LogP contribution in [0.4, 0.5) is 0 Å². The van der Waals surface area contributed by atoms with Gasteiger partial charge < -0.3 is 9.73 Å². The van der Waals surface area contributed by atoms with E-state index in [2.05, 4.69) is 25.1 Å². The van der Waals surface area contributed by atoms with Crippen molar-refractivity contribution in [3.8, 4) is 10.8 Å². The van der Waals surface area contributed by atoms with Gasteiger partial charge in [0.05, 0.1) is 5.69 Å². The number of likely N-dealkylation sites (N-methyl/N-ethyl adjacent to an activating group) is 1. The van der Waals surface area contributed by atoms with Gasteiger partial charge in [0, 0.05) is 13.0 Å². The Balaban J connectivity index is 2.18. The average Bonchev–Trinajstić information content (AvgIpc) is 2.94. The molecule has 2 aromatic rings. The summed E-state index contributed by atoms with van der Waals surface area (Å²) in [5, 5.41) is 15.0. The normalized spacial score (nSPS) is 10.9. The first kappa shape index (κ1) is 11.2. The molecule has 0 atom stereocenters. The molecular weight excluding hydrogens is 226 g/mol. The Morgan fingerprint density at radius 3 is 2.94 bits per heavy atom. The Bertz CT molecular complexity index is 452. The van der Waals surface area contributed by atoms with Crippen LogP contribution in [0.15, 0.2) is 4.42 Å². The van der Waals surface area contributed by atoms with Gasteiger partial charge in [-0.1, -0.05) is 11.4 Å². The third kappa shape index (κ3) is 2.25. The molecule has 16 heavy (non-hydrogen) atoms. The molecule has 0 spiro atoms. The topological polar surface area (TPSA) is 76.7 Å². The smallest absolute Gasteiger partial charge is 0.261 e. The molecule has 0 aliphatic carbocycles. The van der Waals surface area contributed by atoms with E-state index in [-0.39, 0.29) is 0 Å². The van der Waals surface area contributed by atoms with Crippen molar-refractivity contribution >= 4 is 11.5 Å². The number of rotatable bonds is 5. The zero-order valence-electron chi connectivity index (χ0n) is 9.23. The number of hydrogen-bond acceptors (Lipinski definition) is 7. The lowest BCUT2D eigenvalue weighted by atomic mass is 10.3. The highest BCUT2D eigenvalue weighted by molar-refractivity contribution is 7.09. The molecule has 0 unspecified atom stereocenters. The van der Waals surface area contributed by atoms with Gasteiger partial charge in [-0.05, 0) is 25.0 Å². The van der Waals surface area contributed by atoms with E-state index in [4.69, 9.17) is 4.42 Å². The lowest BCUT2D eigenvalue weighted by Crippen LogP contribution is -2.10. The predicted octanol–water partition coefficient (Wildman–Crippen LogP) is 0.912. The number of aryl methyl sites for hydroxylation is 1. The fraction of sp³-hybridized carbons (Fsp3) is 0.556. The Labute approximate surface area is 97.3 Å². The molecule has 0 saturated heterocycles. The van der Waals surface area contributed by atoms with Gasteiger partial charge in [0.15, 0.2) is 0 Å². The first-order valence-corrected chi connectivity index (χ1v) is 5.91. The zero-order chi connectivity index (χ0) is 11.4. The van der Waals surface area contributed by atoms with Crippen molar-refractivity contribution in [2.24, 2.45) is 0 Å². The summed E-state index contributed by atoms with van der Waals surface area (Å²) in [4.78, 5) is 0.880. The minimum atomic E-state index is 0.526. The fourth-order valence-corrected chi connectivity index (χ4v) is 1.95. The van der Waals surface area contributed by atoms with E-state index in [9.17, 15) is 0 Å². The first-order valence-electron chi connectivity index (χ1n) is 5.13. The SMILES string of the molecule is CCc1nnsc1-c1nnc(CCNC)o1. The summed E-state index contributed by atoms with van der Waals surface area (Å²) >= 11 is 1.29. The van der Waals surface area contributed by atoms with Crippen LogP contribution in [0.25, 0.3) is 10.8 Å². The van der Waals surface area contributed by atoms with E-state index < -0.39 is 0 Å². The highest BCUT2D eigenvalue weighted by Crippen LogP contribution is 2.24. The van der Waals surface area contributed by atoms with E-state index in [0.29, 0.717) is 11.8 Å². The molecule has 0 aliphatic rings. The molecule has 0 aromatic carbocycles. The third-order valence-corrected chi connectivity index (χ3v) is 2.90. The molecule has 0 saturated carbocycles. The highest BCUT2D eigenvalue weighted by atomic mass is 32.1. The summed E-state index contributed by atoms with van der Waals surface area (Å²) in [6.45, 7) is 2.85. The van der Waals surface area contributed by atoms with Gasteiger partial charge in [-0.2, -0.15) is 0 Å². The summed E-state index contributed by atoms with van der Waals surface area (Å²) in [6.07, 6.45) is 1.55. The molecule has 0 fully saturated rings. The number of nitrogens with one attached hydrogen (secondary N) is 1. The second-order valence-electron chi connectivity index (χ2n) is 3.26.